The highest BCUT2D eigenvalue weighted by molar-refractivity contribution is 5.80. The molecule has 0 aliphatic rings. The summed E-state index contributed by atoms with van der Waals surface area (Å²) in [6.45, 7) is 2.54. The summed E-state index contributed by atoms with van der Waals surface area (Å²) in [5, 5.41) is 3.07. The van der Waals surface area contributed by atoms with Crippen LogP contribution < -0.4 is 10.1 Å². The van der Waals surface area contributed by atoms with E-state index in [0.29, 0.717) is 0 Å². The molecule has 94 valence electrons. The Bertz CT molecular complexity index is 377. The first-order valence-corrected chi connectivity index (χ1v) is 5.66. The molecular weight excluding hydrogens is 216 g/mol. The molecule has 0 aliphatic carbocycles. The highest BCUT2D eigenvalue weighted by atomic mass is 16.5. The van der Waals surface area contributed by atoms with Gasteiger partial charge in [0.15, 0.2) is 6.10 Å². The average Bonchev–Trinajstić information content (AvgIpc) is 2.28. The smallest absolute Gasteiger partial charge is 0.262 e. The third-order valence-corrected chi connectivity index (χ3v) is 2.38. The van der Waals surface area contributed by atoms with Gasteiger partial charge in [0.2, 0.25) is 0 Å². The van der Waals surface area contributed by atoms with Gasteiger partial charge in [0.25, 0.3) is 5.91 Å². The first kappa shape index (κ1) is 13.5. The molecular formula is C13H20N2O2. The fourth-order valence-electron chi connectivity index (χ4n) is 1.55. The van der Waals surface area contributed by atoms with Crippen LogP contribution >= 0.6 is 0 Å². The van der Waals surface area contributed by atoms with Crippen LogP contribution in [-0.2, 0) is 11.3 Å². The van der Waals surface area contributed by atoms with Gasteiger partial charge >= 0.3 is 0 Å². The monoisotopic (exact) mass is 236 g/mol. The van der Waals surface area contributed by atoms with Crippen molar-refractivity contribution in [2.75, 3.05) is 21.1 Å². The first-order valence-electron chi connectivity index (χ1n) is 5.66. The number of hydrogen-bond acceptors (Lipinski definition) is 3. The Hall–Kier alpha value is -1.55. The van der Waals surface area contributed by atoms with Crippen molar-refractivity contribution in [2.45, 2.75) is 19.6 Å². The number of likely N-dealkylation sites (N-methyl/N-ethyl adjacent to an activating group) is 1. The van der Waals surface area contributed by atoms with Crippen LogP contribution in [-0.4, -0.2) is 38.1 Å². The lowest BCUT2D eigenvalue weighted by Gasteiger charge is -2.18. The van der Waals surface area contributed by atoms with E-state index in [1.165, 1.54) is 4.90 Å². The van der Waals surface area contributed by atoms with Gasteiger partial charge in [-0.1, -0.05) is 12.1 Å². The fraction of sp³-hybridized carbons (Fsp3) is 0.462. The molecule has 1 rings (SSSR count). The lowest BCUT2D eigenvalue weighted by molar-refractivity contribution is -0.135. The summed E-state index contributed by atoms with van der Waals surface area (Å²) in [6, 6.07) is 7.74. The molecule has 0 aromatic heterocycles. The largest absolute Gasteiger partial charge is 0.481 e. The molecule has 0 aliphatic heterocycles. The van der Waals surface area contributed by atoms with Crippen LogP contribution in [0.3, 0.4) is 0 Å². The minimum Gasteiger partial charge on any atom is -0.481 e. The van der Waals surface area contributed by atoms with Crippen molar-refractivity contribution in [3.63, 3.8) is 0 Å². The summed E-state index contributed by atoms with van der Waals surface area (Å²) in [5.41, 5.74) is 1.13. The third-order valence-electron chi connectivity index (χ3n) is 2.38. The zero-order valence-electron chi connectivity index (χ0n) is 10.9. The summed E-state index contributed by atoms with van der Waals surface area (Å²) in [6.07, 6.45) is -0.463. The number of nitrogens with one attached hydrogen (secondary N) is 1. The van der Waals surface area contributed by atoms with Crippen LogP contribution in [0.15, 0.2) is 24.3 Å². The van der Waals surface area contributed by atoms with E-state index < -0.39 is 6.10 Å². The quantitative estimate of drug-likeness (QED) is 0.837. The lowest BCUT2D eigenvalue weighted by atomic mass is 10.2. The van der Waals surface area contributed by atoms with Gasteiger partial charge in [-0.15, -0.1) is 0 Å². The SMILES string of the molecule is CNCc1cccc(OC(C)C(=O)N(C)C)c1. The van der Waals surface area contributed by atoms with E-state index in [0.717, 1.165) is 17.9 Å². The summed E-state index contributed by atoms with van der Waals surface area (Å²) in [5.74, 6) is 0.685. The summed E-state index contributed by atoms with van der Waals surface area (Å²) >= 11 is 0. The number of rotatable bonds is 5. The summed E-state index contributed by atoms with van der Waals surface area (Å²) in [7, 11) is 5.34. The van der Waals surface area contributed by atoms with E-state index in [4.69, 9.17) is 4.74 Å². The lowest BCUT2D eigenvalue weighted by Crippen LogP contribution is -2.35. The number of ether oxygens (including phenoxy) is 1. The van der Waals surface area contributed by atoms with Crippen LogP contribution in [0.4, 0.5) is 0 Å². The van der Waals surface area contributed by atoms with Crippen LogP contribution in [0, 0.1) is 0 Å². The Labute approximate surface area is 103 Å². The maximum atomic E-state index is 11.6. The highest BCUT2D eigenvalue weighted by Crippen LogP contribution is 2.15. The van der Waals surface area contributed by atoms with E-state index in [-0.39, 0.29) is 5.91 Å². The molecule has 17 heavy (non-hydrogen) atoms. The van der Waals surface area contributed by atoms with Crippen molar-refractivity contribution in [1.82, 2.24) is 10.2 Å². The van der Waals surface area contributed by atoms with E-state index in [9.17, 15) is 4.79 Å². The van der Waals surface area contributed by atoms with Crippen molar-refractivity contribution in [2.24, 2.45) is 0 Å². The van der Waals surface area contributed by atoms with Gasteiger partial charge in [-0.25, -0.2) is 0 Å². The Morgan fingerprint density at radius 1 is 1.47 bits per heavy atom. The Morgan fingerprint density at radius 3 is 2.76 bits per heavy atom. The molecule has 1 N–H and O–H groups in total. The summed E-state index contributed by atoms with van der Waals surface area (Å²) < 4.78 is 5.61. The van der Waals surface area contributed by atoms with Crippen molar-refractivity contribution >= 4 is 5.91 Å². The number of nitrogens with zero attached hydrogens (tertiary/aromatic N) is 1. The van der Waals surface area contributed by atoms with Crippen molar-refractivity contribution in [3.05, 3.63) is 29.8 Å². The molecule has 4 heteroatoms. The van der Waals surface area contributed by atoms with Gasteiger partial charge in [0.05, 0.1) is 0 Å². The summed E-state index contributed by atoms with van der Waals surface area (Å²) in [4.78, 5) is 13.2. The van der Waals surface area contributed by atoms with Crippen LogP contribution in [0.25, 0.3) is 0 Å². The Balaban J connectivity index is 2.68. The van der Waals surface area contributed by atoms with Gasteiger partial charge in [-0.2, -0.15) is 0 Å². The molecule has 1 unspecified atom stereocenters. The minimum absolute atomic E-state index is 0.0379. The zero-order valence-corrected chi connectivity index (χ0v) is 10.9. The van der Waals surface area contributed by atoms with Gasteiger partial charge in [0.1, 0.15) is 5.75 Å². The first-order chi connectivity index (χ1) is 8.04. The van der Waals surface area contributed by atoms with Crippen molar-refractivity contribution in [3.8, 4) is 5.75 Å². The normalized spacial score (nSPS) is 12.0. The standard InChI is InChI=1S/C13H20N2O2/c1-10(13(16)15(3)4)17-12-7-5-6-11(8-12)9-14-2/h5-8,10,14H,9H2,1-4H3. The molecule has 1 amide bonds. The third kappa shape index (κ3) is 4.07. The van der Waals surface area contributed by atoms with E-state index in [2.05, 4.69) is 5.32 Å². The van der Waals surface area contributed by atoms with E-state index in [1.807, 2.05) is 31.3 Å². The number of hydrogen-bond donors (Lipinski definition) is 1. The molecule has 1 aromatic rings. The molecule has 4 nitrogen and oxygen atoms in total. The highest BCUT2D eigenvalue weighted by Gasteiger charge is 2.16. The average molecular weight is 236 g/mol. The zero-order chi connectivity index (χ0) is 12.8. The fourth-order valence-corrected chi connectivity index (χ4v) is 1.55. The molecule has 0 radical (unpaired) electrons. The van der Waals surface area contributed by atoms with Crippen molar-refractivity contribution in [1.29, 1.82) is 0 Å². The molecule has 0 heterocycles. The van der Waals surface area contributed by atoms with E-state index in [1.54, 1.807) is 21.0 Å². The predicted molar refractivity (Wildman–Crippen MR) is 68.0 cm³/mol. The topological polar surface area (TPSA) is 41.6 Å². The van der Waals surface area contributed by atoms with Crippen LogP contribution in [0.2, 0.25) is 0 Å². The molecule has 0 saturated carbocycles. The Kier molecular flexibility index (Phi) is 4.97. The molecule has 1 atom stereocenters. The molecule has 0 bridgehead atoms. The molecule has 0 spiro atoms. The van der Waals surface area contributed by atoms with Gasteiger partial charge in [-0.05, 0) is 31.7 Å². The second kappa shape index (κ2) is 6.25. The van der Waals surface area contributed by atoms with Crippen LogP contribution in [0.5, 0.6) is 5.75 Å². The predicted octanol–water partition coefficient (Wildman–Crippen LogP) is 1.26. The maximum Gasteiger partial charge on any atom is 0.262 e. The van der Waals surface area contributed by atoms with Gasteiger partial charge in [0, 0.05) is 20.6 Å². The number of benzene rings is 1. The minimum atomic E-state index is -0.463. The second-order valence-corrected chi connectivity index (χ2v) is 4.17. The number of amides is 1. The second-order valence-electron chi connectivity index (χ2n) is 4.17. The number of carbonyl (C=O) groups is 1. The molecule has 1 aromatic carbocycles. The molecule has 0 saturated heterocycles. The number of carbonyl (C=O) groups excluding carboxylic acids is 1. The van der Waals surface area contributed by atoms with E-state index >= 15 is 0 Å². The van der Waals surface area contributed by atoms with Crippen molar-refractivity contribution < 1.29 is 9.53 Å². The van der Waals surface area contributed by atoms with Gasteiger partial charge in [-0.3, -0.25) is 4.79 Å². The Morgan fingerprint density at radius 2 is 2.18 bits per heavy atom. The van der Waals surface area contributed by atoms with Gasteiger partial charge < -0.3 is 15.0 Å². The van der Waals surface area contributed by atoms with Crippen LogP contribution in [0.1, 0.15) is 12.5 Å². The maximum absolute atomic E-state index is 11.6. The molecule has 0 fully saturated rings.